The van der Waals surface area contributed by atoms with Gasteiger partial charge in [-0.05, 0) is 38.5 Å². The van der Waals surface area contributed by atoms with E-state index in [2.05, 4.69) is 15.3 Å². The second-order valence-electron chi connectivity index (χ2n) is 6.49. The Bertz CT molecular complexity index is 1020. The number of benzene rings is 1. The van der Waals surface area contributed by atoms with Gasteiger partial charge >= 0.3 is 0 Å². The molecule has 1 aliphatic heterocycles. The molecule has 1 aliphatic rings. The summed E-state index contributed by atoms with van der Waals surface area (Å²) < 4.78 is 11.4. The standard InChI is InChI=1S/C19H21N3O3S/c1-10-12(3)26-19-16(10)18(23)21-17(22-19)11(2)20-13-5-6-14-15(9-13)25-8-4-7-24-14/h5-6,9,11,20H,4,7-8H2,1-3H3,(H,21,22,23). The van der Waals surface area contributed by atoms with Crippen LogP contribution in [0.15, 0.2) is 23.0 Å². The average Bonchev–Trinajstić information content (AvgIpc) is 2.78. The third-order valence-electron chi connectivity index (χ3n) is 4.60. The summed E-state index contributed by atoms with van der Waals surface area (Å²) in [5.74, 6) is 2.12. The third kappa shape index (κ3) is 3.03. The molecule has 4 rings (SSSR count). The molecule has 1 atom stereocenters. The number of aromatic nitrogens is 2. The molecule has 0 radical (unpaired) electrons. The summed E-state index contributed by atoms with van der Waals surface area (Å²) in [5, 5.41) is 4.07. The first-order valence-corrected chi connectivity index (χ1v) is 9.50. The van der Waals surface area contributed by atoms with Gasteiger partial charge in [-0.3, -0.25) is 4.79 Å². The molecular formula is C19H21N3O3S. The number of ether oxygens (including phenoxy) is 2. The molecule has 3 aromatic rings. The summed E-state index contributed by atoms with van der Waals surface area (Å²) in [7, 11) is 0. The number of aromatic amines is 1. The van der Waals surface area contributed by atoms with E-state index in [-0.39, 0.29) is 11.6 Å². The van der Waals surface area contributed by atoms with Crippen LogP contribution in [0.4, 0.5) is 5.69 Å². The lowest BCUT2D eigenvalue weighted by Gasteiger charge is -2.16. The van der Waals surface area contributed by atoms with Crippen molar-refractivity contribution in [2.24, 2.45) is 0 Å². The van der Waals surface area contributed by atoms with E-state index in [9.17, 15) is 4.79 Å². The zero-order chi connectivity index (χ0) is 18.3. The monoisotopic (exact) mass is 371 g/mol. The molecule has 0 bridgehead atoms. The highest BCUT2D eigenvalue weighted by molar-refractivity contribution is 7.18. The van der Waals surface area contributed by atoms with Crippen molar-refractivity contribution in [1.29, 1.82) is 0 Å². The summed E-state index contributed by atoms with van der Waals surface area (Å²) >= 11 is 1.56. The quantitative estimate of drug-likeness (QED) is 0.729. The molecule has 6 nitrogen and oxygen atoms in total. The first kappa shape index (κ1) is 16.9. The topological polar surface area (TPSA) is 76.2 Å². The Balaban J connectivity index is 1.62. The summed E-state index contributed by atoms with van der Waals surface area (Å²) in [6.45, 7) is 7.26. The van der Waals surface area contributed by atoms with Gasteiger partial charge in [0.05, 0.1) is 24.6 Å². The lowest BCUT2D eigenvalue weighted by molar-refractivity contribution is 0.297. The van der Waals surface area contributed by atoms with E-state index in [1.165, 1.54) is 0 Å². The summed E-state index contributed by atoms with van der Waals surface area (Å²) in [4.78, 5) is 22.0. The van der Waals surface area contributed by atoms with Gasteiger partial charge in [0, 0.05) is 23.1 Å². The zero-order valence-electron chi connectivity index (χ0n) is 15.0. The summed E-state index contributed by atoms with van der Waals surface area (Å²) in [5.41, 5.74) is 1.82. The van der Waals surface area contributed by atoms with Gasteiger partial charge in [0.1, 0.15) is 10.7 Å². The molecule has 0 saturated heterocycles. The van der Waals surface area contributed by atoms with Crippen molar-refractivity contribution in [3.8, 4) is 11.5 Å². The Morgan fingerprint density at radius 1 is 1.23 bits per heavy atom. The predicted molar refractivity (Wildman–Crippen MR) is 104 cm³/mol. The highest BCUT2D eigenvalue weighted by Gasteiger charge is 2.16. The van der Waals surface area contributed by atoms with Crippen LogP contribution in [0.3, 0.4) is 0 Å². The molecule has 0 amide bonds. The predicted octanol–water partition coefficient (Wildman–Crippen LogP) is 3.94. The van der Waals surface area contributed by atoms with Crippen LogP contribution in [0.2, 0.25) is 0 Å². The number of aryl methyl sites for hydroxylation is 2. The van der Waals surface area contributed by atoms with Gasteiger partial charge in [0.2, 0.25) is 0 Å². The van der Waals surface area contributed by atoms with Crippen LogP contribution in [0.25, 0.3) is 10.2 Å². The molecule has 0 saturated carbocycles. The molecule has 0 spiro atoms. The minimum Gasteiger partial charge on any atom is -0.490 e. The highest BCUT2D eigenvalue weighted by Crippen LogP contribution is 2.33. The van der Waals surface area contributed by atoms with Crippen molar-refractivity contribution in [1.82, 2.24) is 9.97 Å². The Kier molecular flexibility index (Phi) is 4.32. The number of hydrogen-bond donors (Lipinski definition) is 2. The van der Waals surface area contributed by atoms with Crippen molar-refractivity contribution in [3.63, 3.8) is 0 Å². The van der Waals surface area contributed by atoms with E-state index in [1.807, 2.05) is 39.0 Å². The minimum absolute atomic E-state index is 0.0841. The number of thiophene rings is 1. The van der Waals surface area contributed by atoms with Crippen molar-refractivity contribution in [2.75, 3.05) is 18.5 Å². The van der Waals surface area contributed by atoms with E-state index in [0.29, 0.717) is 24.4 Å². The van der Waals surface area contributed by atoms with Crippen LogP contribution in [0.1, 0.15) is 35.7 Å². The van der Waals surface area contributed by atoms with Gasteiger partial charge in [-0.1, -0.05) is 0 Å². The first-order valence-electron chi connectivity index (χ1n) is 8.69. The van der Waals surface area contributed by atoms with Gasteiger partial charge < -0.3 is 19.8 Å². The van der Waals surface area contributed by atoms with E-state index in [0.717, 1.165) is 38.9 Å². The number of fused-ring (bicyclic) bond motifs is 2. The number of anilines is 1. The molecule has 26 heavy (non-hydrogen) atoms. The Morgan fingerprint density at radius 2 is 2.00 bits per heavy atom. The smallest absolute Gasteiger partial charge is 0.259 e. The second-order valence-corrected chi connectivity index (χ2v) is 7.70. The number of nitrogens with zero attached hydrogens (tertiary/aromatic N) is 1. The molecule has 2 aromatic heterocycles. The molecular weight excluding hydrogens is 350 g/mol. The van der Waals surface area contributed by atoms with Crippen molar-refractivity contribution in [3.05, 3.63) is 44.8 Å². The molecule has 1 aromatic carbocycles. The fourth-order valence-electron chi connectivity index (χ4n) is 3.05. The largest absolute Gasteiger partial charge is 0.490 e. The highest BCUT2D eigenvalue weighted by atomic mass is 32.1. The minimum atomic E-state index is -0.153. The number of nitrogens with one attached hydrogen (secondary N) is 2. The Morgan fingerprint density at radius 3 is 2.81 bits per heavy atom. The van der Waals surface area contributed by atoms with E-state index >= 15 is 0 Å². The Labute approximate surface area is 155 Å². The van der Waals surface area contributed by atoms with Crippen LogP contribution in [-0.2, 0) is 0 Å². The Hall–Kier alpha value is -2.54. The first-order chi connectivity index (χ1) is 12.5. The van der Waals surface area contributed by atoms with E-state index < -0.39 is 0 Å². The molecule has 0 aliphatic carbocycles. The maximum atomic E-state index is 12.5. The number of hydrogen-bond acceptors (Lipinski definition) is 6. The third-order valence-corrected chi connectivity index (χ3v) is 5.70. The lowest BCUT2D eigenvalue weighted by Crippen LogP contribution is -2.17. The normalized spacial score (nSPS) is 14.9. The van der Waals surface area contributed by atoms with Crippen molar-refractivity contribution < 1.29 is 9.47 Å². The average molecular weight is 371 g/mol. The summed E-state index contributed by atoms with van der Waals surface area (Å²) in [6.07, 6.45) is 0.874. The van der Waals surface area contributed by atoms with Gasteiger partial charge in [0.15, 0.2) is 11.5 Å². The zero-order valence-corrected chi connectivity index (χ0v) is 15.8. The molecule has 1 unspecified atom stereocenters. The molecule has 7 heteroatoms. The van der Waals surface area contributed by atoms with Crippen LogP contribution >= 0.6 is 11.3 Å². The van der Waals surface area contributed by atoms with Crippen molar-refractivity contribution >= 4 is 27.2 Å². The van der Waals surface area contributed by atoms with Gasteiger partial charge in [-0.15, -0.1) is 11.3 Å². The van der Waals surface area contributed by atoms with Crippen LogP contribution in [-0.4, -0.2) is 23.2 Å². The fourth-order valence-corrected chi connectivity index (χ4v) is 4.08. The maximum Gasteiger partial charge on any atom is 0.259 e. The number of rotatable bonds is 3. The maximum absolute atomic E-state index is 12.5. The van der Waals surface area contributed by atoms with Crippen LogP contribution < -0.4 is 20.3 Å². The molecule has 0 fully saturated rings. The molecule has 3 heterocycles. The van der Waals surface area contributed by atoms with Gasteiger partial charge in [-0.2, -0.15) is 0 Å². The van der Waals surface area contributed by atoms with Gasteiger partial charge in [-0.25, -0.2) is 4.98 Å². The SMILES string of the molecule is Cc1sc2nc(C(C)Nc3ccc4c(c3)OCCCO4)[nH]c(=O)c2c1C. The summed E-state index contributed by atoms with van der Waals surface area (Å²) in [6, 6.07) is 5.62. The number of H-pyrrole nitrogens is 1. The van der Waals surface area contributed by atoms with Crippen LogP contribution in [0, 0.1) is 13.8 Å². The second kappa shape index (κ2) is 6.64. The lowest BCUT2D eigenvalue weighted by atomic mass is 10.2. The molecule has 2 N–H and O–H groups in total. The van der Waals surface area contributed by atoms with Crippen LogP contribution in [0.5, 0.6) is 11.5 Å². The van der Waals surface area contributed by atoms with Gasteiger partial charge in [0.25, 0.3) is 5.56 Å². The van der Waals surface area contributed by atoms with E-state index in [4.69, 9.17) is 9.47 Å². The van der Waals surface area contributed by atoms with E-state index in [1.54, 1.807) is 11.3 Å². The fraction of sp³-hybridized carbons (Fsp3) is 0.368. The molecule has 136 valence electrons. The van der Waals surface area contributed by atoms with Crippen molar-refractivity contribution in [2.45, 2.75) is 33.2 Å².